The van der Waals surface area contributed by atoms with Gasteiger partial charge in [-0.25, -0.2) is 9.78 Å². The lowest BCUT2D eigenvalue weighted by atomic mass is 9.91. The van der Waals surface area contributed by atoms with E-state index >= 15 is 0 Å². The van der Waals surface area contributed by atoms with Crippen LogP contribution in [-0.4, -0.2) is 49.0 Å². The lowest BCUT2D eigenvalue weighted by Gasteiger charge is -2.29. The summed E-state index contributed by atoms with van der Waals surface area (Å²) < 4.78 is 10.6. The molecule has 0 unspecified atom stereocenters. The maximum absolute atomic E-state index is 12.3. The van der Waals surface area contributed by atoms with Gasteiger partial charge in [0, 0.05) is 44.1 Å². The zero-order valence-corrected chi connectivity index (χ0v) is 16.6. The predicted molar refractivity (Wildman–Crippen MR) is 111 cm³/mol. The molecule has 0 bridgehead atoms. The van der Waals surface area contributed by atoms with Crippen molar-refractivity contribution in [2.24, 2.45) is 0 Å². The summed E-state index contributed by atoms with van der Waals surface area (Å²) in [5, 5.41) is 9.33. The van der Waals surface area contributed by atoms with Gasteiger partial charge in [0.25, 0.3) is 0 Å². The van der Waals surface area contributed by atoms with Gasteiger partial charge < -0.3 is 30.3 Å². The van der Waals surface area contributed by atoms with Crippen LogP contribution in [-0.2, 0) is 0 Å². The number of hydrogen-bond donors (Lipinski definition) is 3. The van der Waals surface area contributed by atoms with E-state index < -0.39 is 0 Å². The number of benzene rings is 1. The van der Waals surface area contributed by atoms with Gasteiger partial charge in [0.05, 0.1) is 0 Å². The number of fused-ring (bicyclic) bond motifs is 1. The number of amides is 2. The molecule has 2 amide bonds. The Morgan fingerprint density at radius 2 is 1.83 bits per heavy atom. The van der Waals surface area contributed by atoms with Crippen molar-refractivity contribution in [1.29, 1.82) is 0 Å². The van der Waals surface area contributed by atoms with Gasteiger partial charge in [-0.3, -0.25) is 0 Å². The van der Waals surface area contributed by atoms with Crippen LogP contribution in [0.25, 0.3) is 0 Å². The van der Waals surface area contributed by atoms with Gasteiger partial charge >= 0.3 is 6.03 Å². The van der Waals surface area contributed by atoms with E-state index in [1.165, 1.54) is 0 Å². The molecule has 9 heteroatoms. The predicted octanol–water partition coefficient (Wildman–Crippen LogP) is 2.82. The van der Waals surface area contributed by atoms with Gasteiger partial charge in [-0.15, -0.1) is 0 Å². The van der Waals surface area contributed by atoms with Crippen LogP contribution >= 0.6 is 0 Å². The average molecular weight is 398 g/mol. The minimum Gasteiger partial charge on any atom is -0.454 e. The van der Waals surface area contributed by atoms with Crippen LogP contribution in [0.1, 0.15) is 25.7 Å². The van der Waals surface area contributed by atoms with E-state index in [2.05, 4.69) is 25.9 Å². The number of ether oxygens (including phenoxy) is 2. The van der Waals surface area contributed by atoms with Gasteiger partial charge in [0.2, 0.25) is 12.7 Å². The third-order valence-electron chi connectivity index (χ3n) is 5.13. The first-order valence-electron chi connectivity index (χ1n) is 9.81. The molecular formula is C20H26N6O3. The summed E-state index contributed by atoms with van der Waals surface area (Å²) in [4.78, 5) is 23.1. The SMILES string of the molecule is CN(C)c1ccnc(NC2CCC(NC(=O)Nc3ccc4c(c3)OCO4)CC2)n1. The first-order chi connectivity index (χ1) is 14.1. The topological polar surface area (TPSA) is 101 Å². The minimum absolute atomic E-state index is 0.149. The highest BCUT2D eigenvalue weighted by Gasteiger charge is 2.23. The minimum atomic E-state index is -0.206. The molecule has 3 N–H and O–H groups in total. The molecule has 0 spiro atoms. The van der Waals surface area contributed by atoms with E-state index in [0.29, 0.717) is 29.2 Å². The van der Waals surface area contributed by atoms with Crippen molar-refractivity contribution in [2.45, 2.75) is 37.8 Å². The van der Waals surface area contributed by atoms with Crippen molar-refractivity contribution in [3.63, 3.8) is 0 Å². The van der Waals surface area contributed by atoms with E-state index in [4.69, 9.17) is 9.47 Å². The maximum Gasteiger partial charge on any atom is 0.319 e. The van der Waals surface area contributed by atoms with Crippen LogP contribution in [0, 0.1) is 0 Å². The third-order valence-corrected chi connectivity index (χ3v) is 5.13. The van der Waals surface area contributed by atoms with Gasteiger partial charge in [-0.2, -0.15) is 4.98 Å². The number of nitrogens with zero attached hydrogens (tertiary/aromatic N) is 3. The fourth-order valence-electron chi connectivity index (χ4n) is 3.56. The Hall–Kier alpha value is -3.23. The van der Waals surface area contributed by atoms with Crippen LogP contribution in [0.4, 0.5) is 22.2 Å². The molecule has 2 aliphatic rings. The third kappa shape index (κ3) is 4.79. The Bertz CT molecular complexity index is 867. The van der Waals surface area contributed by atoms with E-state index in [1.807, 2.05) is 25.1 Å². The van der Waals surface area contributed by atoms with Crippen molar-refractivity contribution in [2.75, 3.05) is 36.4 Å². The molecule has 9 nitrogen and oxygen atoms in total. The summed E-state index contributed by atoms with van der Waals surface area (Å²) in [5.74, 6) is 2.86. The number of anilines is 3. The van der Waals surface area contributed by atoms with Crippen LogP contribution in [0.3, 0.4) is 0 Å². The summed E-state index contributed by atoms with van der Waals surface area (Å²) in [5.41, 5.74) is 0.681. The Balaban J connectivity index is 1.23. The highest BCUT2D eigenvalue weighted by atomic mass is 16.7. The largest absolute Gasteiger partial charge is 0.454 e. The first kappa shape index (κ1) is 19.1. The highest BCUT2D eigenvalue weighted by molar-refractivity contribution is 5.89. The monoisotopic (exact) mass is 398 g/mol. The molecule has 29 heavy (non-hydrogen) atoms. The molecule has 4 rings (SSSR count). The maximum atomic E-state index is 12.3. The van der Waals surface area contributed by atoms with E-state index in [0.717, 1.165) is 31.5 Å². The Morgan fingerprint density at radius 1 is 1.07 bits per heavy atom. The number of aromatic nitrogens is 2. The number of carbonyl (C=O) groups excluding carboxylic acids is 1. The quantitative estimate of drug-likeness (QED) is 0.712. The normalized spacial score (nSPS) is 20.1. The van der Waals surface area contributed by atoms with Gasteiger partial charge in [-0.05, 0) is 43.9 Å². The Labute approximate surface area is 169 Å². The summed E-state index contributed by atoms with van der Waals surface area (Å²) in [6, 6.07) is 7.49. The first-order valence-corrected chi connectivity index (χ1v) is 9.81. The van der Waals surface area contributed by atoms with E-state index in [1.54, 1.807) is 24.4 Å². The molecule has 1 aliphatic carbocycles. The molecular weight excluding hydrogens is 372 g/mol. The highest BCUT2D eigenvalue weighted by Crippen LogP contribution is 2.34. The zero-order chi connectivity index (χ0) is 20.2. The second-order valence-electron chi connectivity index (χ2n) is 7.49. The molecule has 1 aliphatic heterocycles. The van der Waals surface area contributed by atoms with Crippen molar-refractivity contribution < 1.29 is 14.3 Å². The summed E-state index contributed by atoms with van der Waals surface area (Å²) in [6.07, 6.45) is 5.46. The van der Waals surface area contributed by atoms with Crippen molar-refractivity contribution in [3.05, 3.63) is 30.5 Å². The van der Waals surface area contributed by atoms with Crippen LogP contribution in [0.5, 0.6) is 11.5 Å². The van der Waals surface area contributed by atoms with Gasteiger partial charge in [0.15, 0.2) is 11.5 Å². The molecule has 1 aromatic heterocycles. The number of hydrogen-bond acceptors (Lipinski definition) is 7. The Kier molecular flexibility index (Phi) is 5.55. The number of carbonyl (C=O) groups is 1. The summed E-state index contributed by atoms with van der Waals surface area (Å²) in [6.45, 7) is 0.215. The van der Waals surface area contributed by atoms with Crippen molar-refractivity contribution in [1.82, 2.24) is 15.3 Å². The second-order valence-corrected chi connectivity index (χ2v) is 7.49. The lowest BCUT2D eigenvalue weighted by molar-refractivity contribution is 0.174. The van der Waals surface area contributed by atoms with E-state index in [-0.39, 0.29) is 18.9 Å². The molecule has 1 aromatic carbocycles. The molecule has 2 heterocycles. The van der Waals surface area contributed by atoms with Crippen molar-refractivity contribution >= 4 is 23.5 Å². The molecule has 0 radical (unpaired) electrons. The van der Waals surface area contributed by atoms with Gasteiger partial charge in [-0.1, -0.05) is 0 Å². The molecule has 1 saturated carbocycles. The molecule has 154 valence electrons. The van der Waals surface area contributed by atoms with Gasteiger partial charge in [0.1, 0.15) is 5.82 Å². The second kappa shape index (κ2) is 8.42. The van der Waals surface area contributed by atoms with Crippen molar-refractivity contribution in [3.8, 4) is 11.5 Å². The van der Waals surface area contributed by atoms with Crippen LogP contribution in [0.15, 0.2) is 30.5 Å². The summed E-state index contributed by atoms with van der Waals surface area (Å²) >= 11 is 0. The standard InChI is InChI=1S/C20H26N6O3/c1-26(2)18-9-10-21-19(25-18)22-13-3-5-14(6-4-13)23-20(27)24-15-7-8-16-17(11-15)29-12-28-16/h7-11,13-14H,3-6,12H2,1-2H3,(H,21,22,25)(H2,23,24,27). The lowest BCUT2D eigenvalue weighted by Crippen LogP contribution is -2.42. The fourth-order valence-corrected chi connectivity index (χ4v) is 3.56. The molecule has 0 saturated heterocycles. The molecule has 2 aromatic rings. The Morgan fingerprint density at radius 3 is 2.62 bits per heavy atom. The number of nitrogens with one attached hydrogen (secondary N) is 3. The summed E-state index contributed by atoms with van der Waals surface area (Å²) in [7, 11) is 3.91. The van der Waals surface area contributed by atoms with Crippen LogP contribution < -0.4 is 30.3 Å². The number of urea groups is 1. The zero-order valence-electron chi connectivity index (χ0n) is 16.6. The van der Waals surface area contributed by atoms with Crippen LogP contribution in [0.2, 0.25) is 0 Å². The molecule has 1 fully saturated rings. The smallest absolute Gasteiger partial charge is 0.319 e. The van der Waals surface area contributed by atoms with E-state index in [9.17, 15) is 4.79 Å². The molecule has 0 atom stereocenters. The number of rotatable bonds is 5. The average Bonchev–Trinajstić information content (AvgIpc) is 3.17. The fraction of sp³-hybridized carbons (Fsp3) is 0.450.